The number of hydrogen-bond donors (Lipinski definition) is 0. The van der Waals surface area contributed by atoms with Crippen molar-refractivity contribution >= 4 is 28.3 Å². The zero-order chi connectivity index (χ0) is 22.1. The highest BCUT2D eigenvalue weighted by molar-refractivity contribution is 7.85. The Morgan fingerprint density at radius 2 is 1.56 bits per heavy atom. The molecule has 32 heavy (non-hydrogen) atoms. The lowest BCUT2D eigenvalue weighted by Gasteiger charge is -2.28. The number of anilines is 1. The van der Waals surface area contributed by atoms with Crippen LogP contribution in [0, 0.1) is 0 Å². The summed E-state index contributed by atoms with van der Waals surface area (Å²) in [6, 6.07) is 22.0. The van der Waals surface area contributed by atoms with Gasteiger partial charge in [-0.25, -0.2) is 4.21 Å². The van der Waals surface area contributed by atoms with Crippen molar-refractivity contribution in [3.05, 3.63) is 89.5 Å². The van der Waals surface area contributed by atoms with Crippen LogP contribution >= 0.6 is 0 Å². The quantitative estimate of drug-likeness (QED) is 0.591. The Labute approximate surface area is 190 Å². The molecule has 0 unspecified atom stereocenters. The Balaban J connectivity index is 1.62. The Kier molecular flexibility index (Phi) is 5.62. The molecule has 0 aliphatic carbocycles. The lowest BCUT2D eigenvalue weighted by atomic mass is 10.1. The summed E-state index contributed by atoms with van der Waals surface area (Å²) in [6.45, 7) is 1.83. The Hall–Kier alpha value is -3.25. The van der Waals surface area contributed by atoms with E-state index in [9.17, 15) is 13.8 Å². The lowest BCUT2D eigenvalue weighted by Crippen LogP contribution is -2.36. The second kappa shape index (κ2) is 8.71. The molecular weight excluding hydrogens is 420 g/mol. The molecule has 0 saturated carbocycles. The number of benzene rings is 3. The minimum absolute atomic E-state index is 0.0350. The first-order chi connectivity index (χ1) is 15.6. The molecule has 3 aromatic rings. The molecule has 1 saturated heterocycles. The first kappa shape index (κ1) is 20.6. The molecule has 5 nitrogen and oxygen atoms in total. The van der Waals surface area contributed by atoms with Gasteiger partial charge < -0.3 is 9.80 Å². The third-order valence-electron chi connectivity index (χ3n) is 6.09. The normalized spacial score (nSPS) is 18.0. The average Bonchev–Trinajstić information content (AvgIpc) is 2.94. The zero-order valence-corrected chi connectivity index (χ0v) is 18.5. The standard InChI is InChI=1S/C26H24N2O3S/c29-25(27-15-7-2-8-16-27)20-13-14-24-22(17-20)28(18-19-9-3-1-4-10-19)26(30)21-11-5-6-12-23(21)32(24)31/h1,3-6,9-14,17H,2,7-8,15-16,18H2/t32-/m1/s1. The molecule has 2 aliphatic heterocycles. The first-order valence-electron chi connectivity index (χ1n) is 10.9. The van der Waals surface area contributed by atoms with Gasteiger partial charge in [0.1, 0.15) is 0 Å². The molecule has 3 aromatic carbocycles. The number of hydrogen-bond acceptors (Lipinski definition) is 3. The van der Waals surface area contributed by atoms with Crippen molar-refractivity contribution in [2.24, 2.45) is 0 Å². The van der Waals surface area contributed by atoms with Crippen molar-refractivity contribution in [3.8, 4) is 0 Å². The van der Waals surface area contributed by atoms with E-state index in [2.05, 4.69) is 0 Å². The van der Waals surface area contributed by atoms with Crippen LogP contribution in [0.15, 0.2) is 82.6 Å². The van der Waals surface area contributed by atoms with Gasteiger partial charge >= 0.3 is 0 Å². The number of fused-ring (bicyclic) bond motifs is 2. The number of piperidine rings is 1. The molecule has 1 fully saturated rings. The molecule has 0 bridgehead atoms. The van der Waals surface area contributed by atoms with Gasteiger partial charge in [-0.3, -0.25) is 9.59 Å². The van der Waals surface area contributed by atoms with Gasteiger partial charge in [-0.1, -0.05) is 42.5 Å². The second-order valence-corrected chi connectivity index (χ2v) is 9.59. The summed E-state index contributed by atoms with van der Waals surface area (Å²) in [5, 5.41) is 0. The van der Waals surface area contributed by atoms with Gasteiger partial charge in [-0.15, -0.1) is 0 Å². The summed E-state index contributed by atoms with van der Waals surface area (Å²) in [5.41, 5.74) is 2.46. The summed E-state index contributed by atoms with van der Waals surface area (Å²) in [6.07, 6.45) is 3.16. The average molecular weight is 445 g/mol. The van der Waals surface area contributed by atoms with Crippen LogP contribution in [0.5, 0.6) is 0 Å². The minimum Gasteiger partial charge on any atom is -0.339 e. The fraction of sp³-hybridized carbons (Fsp3) is 0.231. The van der Waals surface area contributed by atoms with E-state index in [1.165, 1.54) is 0 Å². The molecule has 2 aliphatic rings. The predicted octanol–water partition coefficient (Wildman–Crippen LogP) is 4.64. The highest BCUT2D eigenvalue weighted by Gasteiger charge is 2.32. The molecule has 1 atom stereocenters. The smallest absolute Gasteiger partial charge is 0.259 e. The largest absolute Gasteiger partial charge is 0.339 e. The molecular formula is C26H24N2O3S. The van der Waals surface area contributed by atoms with Crippen molar-refractivity contribution in [3.63, 3.8) is 0 Å². The van der Waals surface area contributed by atoms with Gasteiger partial charge in [0.2, 0.25) is 0 Å². The van der Waals surface area contributed by atoms with Gasteiger partial charge in [0, 0.05) is 18.7 Å². The van der Waals surface area contributed by atoms with Gasteiger partial charge in [-0.05, 0) is 55.2 Å². The number of amides is 2. The van der Waals surface area contributed by atoms with Gasteiger partial charge in [0.15, 0.2) is 0 Å². The topological polar surface area (TPSA) is 57.7 Å². The molecule has 5 rings (SSSR count). The maximum absolute atomic E-state index is 13.6. The van der Waals surface area contributed by atoms with Crippen LogP contribution in [0.4, 0.5) is 5.69 Å². The van der Waals surface area contributed by atoms with Crippen LogP contribution in [-0.4, -0.2) is 34.0 Å². The second-order valence-electron chi connectivity index (χ2n) is 8.18. The molecule has 6 heteroatoms. The summed E-state index contributed by atoms with van der Waals surface area (Å²) in [5.74, 6) is -0.244. The SMILES string of the molecule is O=C(c1ccc2c(c1)N(Cc1ccccc1)C(=O)c1ccccc1[S@]2=O)N1CCCCC1. The van der Waals surface area contributed by atoms with Gasteiger partial charge in [0.25, 0.3) is 11.8 Å². The van der Waals surface area contributed by atoms with Crippen LogP contribution in [0.3, 0.4) is 0 Å². The Morgan fingerprint density at radius 1 is 0.844 bits per heavy atom. The van der Waals surface area contributed by atoms with E-state index in [-0.39, 0.29) is 11.8 Å². The number of nitrogens with zero attached hydrogens (tertiary/aromatic N) is 2. The van der Waals surface area contributed by atoms with E-state index in [0.717, 1.165) is 37.9 Å². The maximum Gasteiger partial charge on any atom is 0.259 e. The van der Waals surface area contributed by atoms with E-state index >= 15 is 0 Å². The number of carbonyl (C=O) groups excluding carboxylic acids is 2. The molecule has 2 heterocycles. The van der Waals surface area contributed by atoms with E-state index in [0.29, 0.717) is 33.2 Å². The van der Waals surface area contributed by atoms with E-state index in [1.54, 1.807) is 47.4 Å². The van der Waals surface area contributed by atoms with E-state index < -0.39 is 10.8 Å². The summed E-state index contributed by atoms with van der Waals surface area (Å²) in [7, 11) is -1.52. The summed E-state index contributed by atoms with van der Waals surface area (Å²) in [4.78, 5) is 31.4. The van der Waals surface area contributed by atoms with E-state index in [4.69, 9.17) is 0 Å². The predicted molar refractivity (Wildman–Crippen MR) is 124 cm³/mol. The highest BCUT2D eigenvalue weighted by atomic mass is 32.2. The third-order valence-corrected chi connectivity index (χ3v) is 7.59. The Bertz CT molecular complexity index is 1200. The number of likely N-dealkylation sites (tertiary alicyclic amines) is 1. The summed E-state index contributed by atoms with van der Waals surface area (Å²) >= 11 is 0. The van der Waals surface area contributed by atoms with Crippen molar-refractivity contribution in [1.82, 2.24) is 4.90 Å². The van der Waals surface area contributed by atoms with Crippen molar-refractivity contribution < 1.29 is 13.8 Å². The van der Waals surface area contributed by atoms with Crippen molar-refractivity contribution in [2.75, 3.05) is 18.0 Å². The van der Waals surface area contributed by atoms with Crippen molar-refractivity contribution in [2.45, 2.75) is 35.6 Å². The maximum atomic E-state index is 13.6. The van der Waals surface area contributed by atoms with Gasteiger partial charge in [0.05, 0.1) is 38.4 Å². The van der Waals surface area contributed by atoms with Crippen LogP contribution in [-0.2, 0) is 17.3 Å². The van der Waals surface area contributed by atoms with Crippen LogP contribution < -0.4 is 4.90 Å². The number of rotatable bonds is 3. The molecule has 0 radical (unpaired) electrons. The number of carbonyl (C=O) groups is 2. The van der Waals surface area contributed by atoms with Crippen molar-refractivity contribution in [1.29, 1.82) is 0 Å². The van der Waals surface area contributed by atoms with Gasteiger partial charge in [-0.2, -0.15) is 0 Å². The zero-order valence-electron chi connectivity index (χ0n) is 17.7. The van der Waals surface area contributed by atoms with Crippen LogP contribution in [0.2, 0.25) is 0 Å². The molecule has 0 aromatic heterocycles. The fourth-order valence-electron chi connectivity index (χ4n) is 4.40. The monoisotopic (exact) mass is 444 g/mol. The fourth-order valence-corrected chi connectivity index (χ4v) is 5.74. The lowest BCUT2D eigenvalue weighted by molar-refractivity contribution is 0.0724. The highest BCUT2D eigenvalue weighted by Crippen LogP contribution is 2.36. The third kappa shape index (κ3) is 3.75. The summed E-state index contributed by atoms with van der Waals surface area (Å²) < 4.78 is 13.5. The molecule has 2 amide bonds. The molecule has 0 N–H and O–H groups in total. The molecule has 0 spiro atoms. The first-order valence-corrected chi connectivity index (χ1v) is 12.1. The molecule has 162 valence electrons. The minimum atomic E-state index is -1.52. The van der Waals surface area contributed by atoms with Crippen LogP contribution in [0.25, 0.3) is 0 Å². The van der Waals surface area contributed by atoms with E-state index in [1.807, 2.05) is 35.2 Å². The Morgan fingerprint density at radius 3 is 2.34 bits per heavy atom. The van der Waals surface area contributed by atoms with Crippen LogP contribution in [0.1, 0.15) is 45.5 Å².